The predicted octanol–water partition coefficient (Wildman–Crippen LogP) is 1.23. The number of hydrogen-bond acceptors (Lipinski definition) is 5. The molecule has 0 aromatic carbocycles. The molecule has 3 fully saturated rings. The molecule has 1 spiro atoms. The lowest BCUT2D eigenvalue weighted by atomic mass is 10.0. The summed E-state index contributed by atoms with van der Waals surface area (Å²) in [5.41, 5.74) is 1.69. The third-order valence-electron chi connectivity index (χ3n) is 5.27. The third kappa shape index (κ3) is 4.19. The van der Waals surface area contributed by atoms with Gasteiger partial charge in [0.2, 0.25) is 5.91 Å². The van der Waals surface area contributed by atoms with Crippen LogP contribution in [-0.4, -0.2) is 72.3 Å². The van der Waals surface area contributed by atoms with Crippen molar-refractivity contribution < 1.29 is 14.3 Å². The fraction of sp³-hybridized carbons (Fsp3) is 0.684. The van der Waals surface area contributed by atoms with Crippen LogP contribution in [0.3, 0.4) is 0 Å². The summed E-state index contributed by atoms with van der Waals surface area (Å²) in [4.78, 5) is 21.2. The first kappa shape index (κ1) is 16.9. The summed E-state index contributed by atoms with van der Waals surface area (Å²) in [6.45, 7) is 7.37. The molecular formula is C19H27N3O3. The van der Waals surface area contributed by atoms with Crippen molar-refractivity contribution in [2.75, 3.05) is 46.0 Å². The Balaban J connectivity index is 1.45. The van der Waals surface area contributed by atoms with E-state index in [1.807, 2.05) is 17.9 Å². The Morgan fingerprint density at radius 1 is 1.32 bits per heavy atom. The minimum Gasteiger partial charge on any atom is -0.377 e. The van der Waals surface area contributed by atoms with Crippen LogP contribution in [0.4, 0.5) is 0 Å². The average Bonchev–Trinajstić information content (AvgIpc) is 3.40. The number of carbonyl (C=O) groups excluding carboxylic acids is 1. The minimum atomic E-state index is -0.414. The molecule has 0 radical (unpaired) electrons. The zero-order valence-corrected chi connectivity index (χ0v) is 14.9. The van der Waals surface area contributed by atoms with Crippen molar-refractivity contribution in [1.29, 1.82) is 0 Å². The summed E-state index contributed by atoms with van der Waals surface area (Å²) in [7, 11) is 0. The fourth-order valence-corrected chi connectivity index (χ4v) is 3.78. The summed E-state index contributed by atoms with van der Waals surface area (Å²) < 4.78 is 11.9. The second kappa shape index (κ2) is 7.02. The van der Waals surface area contributed by atoms with Crippen LogP contribution < -0.4 is 0 Å². The van der Waals surface area contributed by atoms with E-state index in [1.165, 1.54) is 12.8 Å². The van der Waals surface area contributed by atoms with Gasteiger partial charge in [-0.2, -0.15) is 0 Å². The van der Waals surface area contributed by atoms with Gasteiger partial charge < -0.3 is 14.4 Å². The van der Waals surface area contributed by atoms with Gasteiger partial charge >= 0.3 is 0 Å². The Bertz CT molecular complexity index is 634. The Labute approximate surface area is 149 Å². The first-order chi connectivity index (χ1) is 12.1. The van der Waals surface area contributed by atoms with E-state index in [4.69, 9.17) is 9.47 Å². The maximum atomic E-state index is 12.2. The van der Waals surface area contributed by atoms with Crippen LogP contribution in [-0.2, 0) is 20.8 Å². The summed E-state index contributed by atoms with van der Waals surface area (Å²) in [6.07, 6.45) is 2.50. The number of carbonyl (C=O) groups is 1. The highest BCUT2D eigenvalue weighted by Gasteiger charge is 2.43. The van der Waals surface area contributed by atoms with Gasteiger partial charge in [0.15, 0.2) is 0 Å². The van der Waals surface area contributed by atoms with Gasteiger partial charge in [-0.05, 0) is 37.8 Å². The van der Waals surface area contributed by atoms with Crippen LogP contribution in [0.5, 0.6) is 0 Å². The number of aromatic nitrogens is 1. The number of amides is 1. The van der Waals surface area contributed by atoms with Crippen molar-refractivity contribution in [3.05, 3.63) is 29.6 Å². The molecule has 1 amide bonds. The Kier molecular flexibility index (Phi) is 4.75. The molecule has 6 nitrogen and oxygen atoms in total. The van der Waals surface area contributed by atoms with Crippen molar-refractivity contribution >= 4 is 5.91 Å². The predicted molar refractivity (Wildman–Crippen MR) is 93.1 cm³/mol. The Morgan fingerprint density at radius 3 is 3.00 bits per heavy atom. The molecule has 1 aliphatic carbocycles. The Morgan fingerprint density at radius 2 is 2.20 bits per heavy atom. The molecule has 4 rings (SSSR count). The smallest absolute Gasteiger partial charge is 0.248 e. The summed E-state index contributed by atoms with van der Waals surface area (Å²) >= 11 is 0. The van der Waals surface area contributed by atoms with Crippen molar-refractivity contribution in [2.45, 2.75) is 31.9 Å². The molecule has 3 aliphatic rings. The van der Waals surface area contributed by atoms with Crippen molar-refractivity contribution in [2.24, 2.45) is 5.92 Å². The maximum absolute atomic E-state index is 12.2. The third-order valence-corrected chi connectivity index (χ3v) is 5.27. The van der Waals surface area contributed by atoms with Gasteiger partial charge in [-0.15, -0.1) is 0 Å². The molecule has 6 heteroatoms. The van der Waals surface area contributed by atoms with Crippen LogP contribution >= 0.6 is 0 Å². The van der Waals surface area contributed by atoms with E-state index in [1.54, 1.807) is 0 Å². The molecule has 1 aromatic rings. The summed E-state index contributed by atoms with van der Waals surface area (Å²) in [5.74, 6) is 0.812. The first-order valence-corrected chi connectivity index (χ1v) is 9.26. The number of rotatable bonds is 4. The molecule has 0 N–H and O–H groups in total. The molecule has 1 aromatic heterocycles. The molecule has 25 heavy (non-hydrogen) atoms. The first-order valence-electron chi connectivity index (χ1n) is 9.26. The minimum absolute atomic E-state index is 0.119. The van der Waals surface area contributed by atoms with Gasteiger partial charge in [-0.3, -0.25) is 14.7 Å². The number of nitrogens with zero attached hydrogens (tertiary/aromatic N) is 3. The van der Waals surface area contributed by atoms with Gasteiger partial charge in [0.05, 0.1) is 25.5 Å². The van der Waals surface area contributed by atoms with Crippen LogP contribution in [0.1, 0.15) is 24.2 Å². The lowest BCUT2D eigenvalue weighted by molar-refractivity contribution is -0.173. The van der Waals surface area contributed by atoms with E-state index in [9.17, 15) is 4.79 Å². The highest BCUT2D eigenvalue weighted by molar-refractivity contribution is 5.78. The average molecular weight is 345 g/mol. The Hall–Kier alpha value is -1.50. The second-order valence-electron chi connectivity index (χ2n) is 7.72. The number of morpholine rings is 1. The van der Waals surface area contributed by atoms with Crippen molar-refractivity contribution in [3.63, 3.8) is 0 Å². The van der Waals surface area contributed by atoms with Gasteiger partial charge in [0.25, 0.3) is 0 Å². The zero-order chi connectivity index (χ0) is 17.3. The molecule has 1 atom stereocenters. The lowest BCUT2D eigenvalue weighted by Gasteiger charge is -2.43. The van der Waals surface area contributed by atoms with Crippen LogP contribution in [0.2, 0.25) is 0 Å². The highest BCUT2D eigenvalue weighted by Crippen LogP contribution is 2.32. The van der Waals surface area contributed by atoms with Gasteiger partial charge in [0, 0.05) is 31.9 Å². The van der Waals surface area contributed by atoms with E-state index in [-0.39, 0.29) is 12.5 Å². The van der Waals surface area contributed by atoms with E-state index in [2.05, 4.69) is 22.0 Å². The highest BCUT2D eigenvalue weighted by atomic mass is 16.6. The summed E-state index contributed by atoms with van der Waals surface area (Å²) in [5, 5.41) is 0. The van der Waals surface area contributed by atoms with Crippen LogP contribution in [0.25, 0.3) is 0 Å². The summed E-state index contributed by atoms with van der Waals surface area (Å²) in [6, 6.07) is 6.13. The molecule has 2 saturated heterocycles. The second-order valence-corrected chi connectivity index (χ2v) is 7.72. The van der Waals surface area contributed by atoms with Gasteiger partial charge in [-0.25, -0.2) is 0 Å². The van der Waals surface area contributed by atoms with Crippen LogP contribution in [0.15, 0.2) is 18.2 Å². The number of aryl methyl sites for hydroxylation is 1. The lowest BCUT2D eigenvalue weighted by Crippen LogP contribution is -2.60. The molecular weight excluding hydrogens is 318 g/mol. The molecule has 2 aliphatic heterocycles. The molecule has 0 bridgehead atoms. The normalized spacial score (nSPS) is 28.4. The largest absolute Gasteiger partial charge is 0.377 e. The number of ether oxygens (including phenoxy) is 2. The molecule has 0 unspecified atom stereocenters. The van der Waals surface area contributed by atoms with E-state index in [0.717, 1.165) is 37.6 Å². The monoisotopic (exact) mass is 345 g/mol. The number of pyridine rings is 1. The molecule has 136 valence electrons. The van der Waals surface area contributed by atoms with Crippen molar-refractivity contribution in [3.8, 4) is 0 Å². The molecule has 3 heterocycles. The zero-order valence-electron chi connectivity index (χ0n) is 14.9. The standard InChI is InChI=1S/C19H27N3O3/c1-15-3-2-4-17(20-15)10-21-7-8-24-14-19(12-21)13-22(9-16-5-6-16)18(23)11-25-19/h2-4,16H,5-14H2,1H3/t19-/m0/s1. The SMILES string of the molecule is Cc1cccc(CN2CCOC[C@]3(C2)CN(CC2CC2)C(=O)CO3)n1. The topological polar surface area (TPSA) is 54.9 Å². The van der Waals surface area contributed by atoms with E-state index in [0.29, 0.717) is 25.7 Å². The van der Waals surface area contributed by atoms with E-state index >= 15 is 0 Å². The van der Waals surface area contributed by atoms with E-state index < -0.39 is 5.60 Å². The van der Waals surface area contributed by atoms with Crippen molar-refractivity contribution in [1.82, 2.24) is 14.8 Å². The maximum Gasteiger partial charge on any atom is 0.248 e. The van der Waals surface area contributed by atoms with Gasteiger partial charge in [-0.1, -0.05) is 6.07 Å². The van der Waals surface area contributed by atoms with Crippen LogP contribution in [0, 0.1) is 12.8 Å². The van der Waals surface area contributed by atoms with Gasteiger partial charge in [0.1, 0.15) is 12.2 Å². The quantitative estimate of drug-likeness (QED) is 0.822. The fourth-order valence-electron chi connectivity index (χ4n) is 3.78. The number of hydrogen-bond donors (Lipinski definition) is 0. The molecule has 1 saturated carbocycles.